The highest BCUT2D eigenvalue weighted by Crippen LogP contribution is 2.45. The van der Waals surface area contributed by atoms with Crippen LogP contribution < -0.4 is 0 Å². The lowest BCUT2D eigenvalue weighted by atomic mass is 10.1. The van der Waals surface area contributed by atoms with E-state index in [1.165, 1.54) is 64.2 Å². The van der Waals surface area contributed by atoms with Crippen molar-refractivity contribution in [3.8, 4) is 0 Å². The number of phosphoric acid groups is 2. The van der Waals surface area contributed by atoms with Gasteiger partial charge in [0.05, 0.1) is 26.4 Å². The van der Waals surface area contributed by atoms with E-state index in [1.54, 1.807) is 0 Å². The Bertz CT molecular complexity index is 2270. The van der Waals surface area contributed by atoms with Crippen molar-refractivity contribution < 1.29 is 80.2 Å². The predicted octanol–water partition coefficient (Wildman–Crippen LogP) is 22.8. The van der Waals surface area contributed by atoms with Crippen LogP contribution in [0, 0.1) is 0 Å². The van der Waals surface area contributed by atoms with Crippen molar-refractivity contribution >= 4 is 39.5 Å². The van der Waals surface area contributed by atoms with Gasteiger partial charge < -0.3 is 33.8 Å². The average molecular weight is 1450 g/mol. The van der Waals surface area contributed by atoms with Gasteiger partial charge in [-0.25, -0.2) is 9.13 Å². The molecule has 0 rings (SSSR count). The quantitative estimate of drug-likeness (QED) is 0.0169. The number of hydrogen-bond acceptors (Lipinski definition) is 15. The molecule has 0 aliphatic heterocycles. The Kier molecular flexibility index (Phi) is 70.4. The summed E-state index contributed by atoms with van der Waals surface area (Å²) in [6.07, 6.45) is 76.7. The van der Waals surface area contributed by atoms with Crippen LogP contribution >= 0.6 is 15.6 Å². The Balaban J connectivity index is 5.34. The van der Waals surface area contributed by atoms with E-state index in [4.69, 9.17) is 37.0 Å². The van der Waals surface area contributed by atoms with E-state index >= 15 is 0 Å². The van der Waals surface area contributed by atoms with Crippen molar-refractivity contribution in [2.24, 2.45) is 0 Å². The number of rotatable bonds is 74. The van der Waals surface area contributed by atoms with Crippen LogP contribution in [0.5, 0.6) is 0 Å². The molecule has 0 fully saturated rings. The third-order valence-electron chi connectivity index (χ3n) is 16.5. The zero-order valence-electron chi connectivity index (χ0n) is 63.1. The second kappa shape index (κ2) is 73.3. The Morgan fingerprint density at radius 1 is 0.290 bits per heavy atom. The van der Waals surface area contributed by atoms with Gasteiger partial charge in [0, 0.05) is 25.7 Å². The van der Waals surface area contributed by atoms with Gasteiger partial charge in [-0.05, 0) is 141 Å². The lowest BCUT2D eigenvalue weighted by Gasteiger charge is -2.21. The number of hydrogen-bond donors (Lipinski definition) is 3. The van der Waals surface area contributed by atoms with Crippen molar-refractivity contribution in [3.63, 3.8) is 0 Å². The summed E-state index contributed by atoms with van der Waals surface area (Å²) in [5.74, 6) is -2.21. The van der Waals surface area contributed by atoms with Gasteiger partial charge >= 0.3 is 39.5 Å². The number of aliphatic hydroxyl groups excluding tert-OH is 1. The van der Waals surface area contributed by atoms with Crippen molar-refractivity contribution in [2.45, 2.75) is 354 Å². The van der Waals surface area contributed by atoms with Crippen LogP contribution in [0.15, 0.2) is 97.2 Å². The van der Waals surface area contributed by atoms with Crippen LogP contribution in [-0.2, 0) is 65.4 Å². The van der Waals surface area contributed by atoms with Crippen molar-refractivity contribution in [2.75, 3.05) is 39.6 Å². The molecule has 0 spiro atoms. The molecule has 0 heterocycles. The molecule has 3 N–H and O–H groups in total. The van der Waals surface area contributed by atoms with Gasteiger partial charge in [0.15, 0.2) is 12.2 Å². The maximum absolute atomic E-state index is 13.1. The monoisotopic (exact) mass is 1450 g/mol. The molecule has 0 saturated heterocycles. The number of aliphatic hydroxyl groups is 1. The Morgan fingerprint density at radius 3 is 0.860 bits per heavy atom. The number of esters is 4. The molecule has 17 nitrogen and oxygen atoms in total. The molecule has 5 unspecified atom stereocenters. The Morgan fingerprint density at radius 2 is 0.540 bits per heavy atom. The molecule has 0 amide bonds. The molecule has 5 atom stereocenters. The molecule has 0 aromatic rings. The van der Waals surface area contributed by atoms with Crippen LogP contribution in [0.3, 0.4) is 0 Å². The molecule has 0 aromatic carbocycles. The number of carbonyl (C=O) groups is 4. The lowest BCUT2D eigenvalue weighted by Crippen LogP contribution is -2.30. The first-order chi connectivity index (χ1) is 48.7. The fraction of sp³-hybridized carbons (Fsp3) is 0.753. The molecule has 100 heavy (non-hydrogen) atoms. The van der Waals surface area contributed by atoms with Gasteiger partial charge in [-0.3, -0.25) is 37.3 Å². The third kappa shape index (κ3) is 72.3. The van der Waals surface area contributed by atoms with Gasteiger partial charge in [0.1, 0.15) is 19.3 Å². The third-order valence-corrected chi connectivity index (χ3v) is 18.4. The number of ether oxygens (including phenoxy) is 4. The molecular formula is C81H142O17P2. The van der Waals surface area contributed by atoms with Gasteiger partial charge in [0.2, 0.25) is 0 Å². The van der Waals surface area contributed by atoms with Gasteiger partial charge in [-0.15, -0.1) is 0 Å². The van der Waals surface area contributed by atoms with E-state index in [9.17, 15) is 43.2 Å². The fourth-order valence-electron chi connectivity index (χ4n) is 10.5. The highest BCUT2D eigenvalue weighted by Gasteiger charge is 2.30. The van der Waals surface area contributed by atoms with Crippen LogP contribution in [-0.4, -0.2) is 96.7 Å². The van der Waals surface area contributed by atoms with E-state index in [2.05, 4.69) is 125 Å². The van der Waals surface area contributed by atoms with E-state index in [0.29, 0.717) is 25.7 Å². The first-order valence-electron chi connectivity index (χ1n) is 39.5. The normalized spacial score (nSPS) is 14.4. The summed E-state index contributed by atoms with van der Waals surface area (Å²) >= 11 is 0. The highest BCUT2D eigenvalue weighted by molar-refractivity contribution is 7.47. The van der Waals surface area contributed by atoms with E-state index in [0.717, 1.165) is 193 Å². The zero-order valence-corrected chi connectivity index (χ0v) is 64.9. The smallest absolute Gasteiger partial charge is 0.462 e. The molecule has 578 valence electrons. The summed E-state index contributed by atoms with van der Waals surface area (Å²) < 4.78 is 68.5. The first kappa shape index (κ1) is 96.0. The summed E-state index contributed by atoms with van der Waals surface area (Å²) in [5.41, 5.74) is 0. The first-order valence-corrected chi connectivity index (χ1v) is 42.5. The molecule has 0 aliphatic carbocycles. The molecule has 19 heteroatoms. The van der Waals surface area contributed by atoms with Gasteiger partial charge in [-0.2, -0.15) is 0 Å². The van der Waals surface area contributed by atoms with Crippen LogP contribution in [0.4, 0.5) is 0 Å². The van der Waals surface area contributed by atoms with Gasteiger partial charge in [0.25, 0.3) is 0 Å². The van der Waals surface area contributed by atoms with Gasteiger partial charge in [-0.1, -0.05) is 266 Å². The molecular weight excluding hydrogens is 1310 g/mol. The topological polar surface area (TPSA) is 237 Å². The summed E-state index contributed by atoms with van der Waals surface area (Å²) in [6, 6.07) is 0. The molecule has 0 aromatic heterocycles. The second-order valence-electron chi connectivity index (χ2n) is 26.3. The highest BCUT2D eigenvalue weighted by atomic mass is 31.2. The summed E-state index contributed by atoms with van der Waals surface area (Å²) in [4.78, 5) is 72.9. The van der Waals surface area contributed by atoms with E-state index in [-0.39, 0.29) is 25.7 Å². The Labute approximate surface area is 607 Å². The van der Waals surface area contributed by atoms with Crippen molar-refractivity contribution in [3.05, 3.63) is 97.2 Å². The number of phosphoric ester groups is 2. The second-order valence-corrected chi connectivity index (χ2v) is 29.2. The Hall–Kier alpha value is -4.02. The summed E-state index contributed by atoms with van der Waals surface area (Å²) in [6.45, 7) is 4.66. The van der Waals surface area contributed by atoms with Crippen LogP contribution in [0.2, 0.25) is 0 Å². The predicted molar refractivity (Wildman–Crippen MR) is 409 cm³/mol. The van der Waals surface area contributed by atoms with Crippen molar-refractivity contribution in [1.82, 2.24) is 0 Å². The number of allylic oxidation sites excluding steroid dienone is 16. The molecule has 0 saturated carbocycles. The molecule has 0 radical (unpaired) electrons. The number of unbranched alkanes of at least 4 members (excludes halogenated alkanes) is 32. The standard InChI is InChI=1S/C81H142O17P2/c1-5-9-13-17-21-25-29-33-35-36-37-38-40-44-46-50-54-58-62-66-79(84)92-72-77(98-81(86)68-64-60-56-52-48-42-32-28-24-20-16-12-8-4)74-96-100(89,90)94-70-75(82)69-93-99(87,88)95-73-76(97-80(85)67-63-59-55-51-47-41-31-27-23-19-15-11-7-3)71-91-78(83)65-61-57-53-49-45-43-39-34-30-26-22-18-14-10-6-2/h9,13,15,19,21,25,27-28,31-35,37-39,75-77,82H,5-8,10-12,14,16-18,20,22-24,26,29-30,36,40-74H2,1-4H3,(H,87,88)(H,89,90)/b13-9-,19-15-,25-21-,31-27-,32-28-,35-33-,38-37-,39-34-. The van der Waals surface area contributed by atoms with Crippen LogP contribution in [0.1, 0.15) is 336 Å². The minimum Gasteiger partial charge on any atom is -0.462 e. The SMILES string of the molecule is CC/C=C\C/C=C\C/C=C\C/C=C\CCCCCCCCC(=O)OCC(COP(=O)(O)OCC(O)COP(=O)(O)OCC(COC(=O)CCCCCCC/C=C\CCCCCCCC)OC(=O)CCCCCCC/C=C\C/C=C\CCC)OC(=O)CCCCCCC/C=C\CCCCCC. The van der Waals surface area contributed by atoms with Crippen LogP contribution in [0.25, 0.3) is 0 Å². The largest absolute Gasteiger partial charge is 0.472 e. The fourth-order valence-corrected chi connectivity index (χ4v) is 12.1. The molecule has 0 aliphatic rings. The maximum Gasteiger partial charge on any atom is 0.472 e. The van der Waals surface area contributed by atoms with Crippen molar-refractivity contribution in [1.29, 1.82) is 0 Å². The minimum absolute atomic E-state index is 0.0779. The molecule has 0 bridgehead atoms. The number of carbonyl (C=O) groups excluding carboxylic acids is 4. The lowest BCUT2D eigenvalue weighted by molar-refractivity contribution is -0.161. The average Bonchev–Trinajstić information content (AvgIpc) is 0.935. The summed E-state index contributed by atoms with van der Waals surface area (Å²) in [7, 11) is -9.96. The van der Waals surface area contributed by atoms with E-state index in [1.807, 2.05) is 0 Å². The van der Waals surface area contributed by atoms with E-state index < -0.39 is 97.5 Å². The minimum atomic E-state index is -4.98. The summed E-state index contributed by atoms with van der Waals surface area (Å²) in [5, 5.41) is 10.6. The zero-order chi connectivity index (χ0) is 73.2. The maximum atomic E-state index is 13.1.